The summed E-state index contributed by atoms with van der Waals surface area (Å²) in [6, 6.07) is 6.20. The van der Waals surface area contributed by atoms with E-state index in [1.165, 1.54) is 23.1 Å². The molecule has 2 atom stereocenters. The summed E-state index contributed by atoms with van der Waals surface area (Å²) in [6.07, 6.45) is -0.682. The van der Waals surface area contributed by atoms with Gasteiger partial charge in [0.1, 0.15) is 18.1 Å². The molecule has 0 radical (unpaired) electrons. The van der Waals surface area contributed by atoms with Crippen molar-refractivity contribution in [1.82, 2.24) is 0 Å². The summed E-state index contributed by atoms with van der Waals surface area (Å²) in [7, 11) is 0. The molecular weight excluding hydrogens is 330 g/mol. The van der Waals surface area contributed by atoms with Crippen LogP contribution in [0.5, 0.6) is 0 Å². The van der Waals surface area contributed by atoms with E-state index in [1.807, 2.05) is 6.07 Å². The first kappa shape index (κ1) is 17.2. The van der Waals surface area contributed by atoms with Gasteiger partial charge in [-0.05, 0) is 30.2 Å². The lowest BCUT2D eigenvalue weighted by atomic mass is 10.0. The number of alkyl halides is 1. The molecule has 8 heteroatoms. The van der Waals surface area contributed by atoms with Crippen LogP contribution in [0.25, 0.3) is 0 Å². The Morgan fingerprint density at radius 2 is 2.24 bits per heavy atom. The molecule has 2 unspecified atom stereocenters. The van der Waals surface area contributed by atoms with Crippen LogP contribution in [0.1, 0.15) is 6.42 Å². The third kappa shape index (κ3) is 3.42. The van der Waals surface area contributed by atoms with E-state index < -0.39 is 24.2 Å². The van der Waals surface area contributed by atoms with Crippen molar-refractivity contribution in [1.29, 1.82) is 5.26 Å². The number of rotatable bonds is 3. The molecule has 0 bridgehead atoms. The molecule has 1 aromatic carbocycles. The van der Waals surface area contributed by atoms with Crippen LogP contribution in [-0.4, -0.2) is 44.5 Å². The number of amides is 1. The van der Waals surface area contributed by atoms with E-state index in [0.717, 1.165) is 0 Å². The van der Waals surface area contributed by atoms with Gasteiger partial charge >= 0.3 is 6.09 Å². The van der Waals surface area contributed by atoms with E-state index in [1.54, 1.807) is 11.0 Å². The molecule has 0 saturated carbocycles. The normalized spacial score (nSPS) is 25.2. The molecule has 132 valence electrons. The van der Waals surface area contributed by atoms with Crippen molar-refractivity contribution in [2.24, 2.45) is 5.73 Å². The van der Waals surface area contributed by atoms with Gasteiger partial charge in [0.25, 0.3) is 0 Å². The number of anilines is 2. The Hall–Kier alpha value is -2.66. The third-order valence-electron chi connectivity index (χ3n) is 4.42. The minimum absolute atomic E-state index is 0.00914. The molecule has 1 aromatic rings. The van der Waals surface area contributed by atoms with Gasteiger partial charge < -0.3 is 15.4 Å². The Morgan fingerprint density at radius 1 is 1.44 bits per heavy atom. The minimum Gasteiger partial charge on any atom is -0.443 e. The van der Waals surface area contributed by atoms with Crippen molar-refractivity contribution in [3.05, 3.63) is 35.7 Å². The molecule has 0 spiro atoms. The second-order valence-electron chi connectivity index (χ2n) is 6.00. The lowest BCUT2D eigenvalue weighted by molar-refractivity contribution is 0.145. The Kier molecular flexibility index (Phi) is 4.86. The molecule has 6 nitrogen and oxygen atoms in total. The van der Waals surface area contributed by atoms with Gasteiger partial charge in [0, 0.05) is 19.2 Å². The zero-order valence-electron chi connectivity index (χ0n) is 13.5. The average Bonchev–Trinajstić information content (AvgIpc) is 2.98. The third-order valence-corrected chi connectivity index (χ3v) is 4.42. The Balaban J connectivity index is 1.76. The number of piperidine rings is 1. The smallest absolute Gasteiger partial charge is 0.414 e. The van der Waals surface area contributed by atoms with Gasteiger partial charge in [-0.2, -0.15) is 5.26 Å². The van der Waals surface area contributed by atoms with E-state index in [9.17, 15) is 13.6 Å². The number of ether oxygens (including phenoxy) is 1. The van der Waals surface area contributed by atoms with Gasteiger partial charge in [0.15, 0.2) is 0 Å². The van der Waals surface area contributed by atoms with Crippen LogP contribution in [-0.2, 0) is 4.74 Å². The highest BCUT2D eigenvalue weighted by molar-refractivity contribution is 5.90. The molecule has 0 aromatic heterocycles. The molecule has 0 aliphatic carbocycles. The summed E-state index contributed by atoms with van der Waals surface area (Å²) in [5.41, 5.74) is 6.57. The van der Waals surface area contributed by atoms with Gasteiger partial charge in [0.05, 0.1) is 30.5 Å². The summed E-state index contributed by atoms with van der Waals surface area (Å²) in [5, 5.41) is 8.64. The van der Waals surface area contributed by atoms with E-state index in [4.69, 9.17) is 15.7 Å². The highest BCUT2D eigenvalue weighted by Crippen LogP contribution is 2.31. The van der Waals surface area contributed by atoms with Crippen molar-refractivity contribution < 1.29 is 18.3 Å². The minimum atomic E-state index is -1.30. The number of halogens is 2. The van der Waals surface area contributed by atoms with Gasteiger partial charge in [0.2, 0.25) is 0 Å². The van der Waals surface area contributed by atoms with Crippen LogP contribution >= 0.6 is 0 Å². The molecule has 2 aliphatic heterocycles. The van der Waals surface area contributed by atoms with Gasteiger partial charge in [-0.1, -0.05) is 0 Å². The number of nitrogens with two attached hydrogens (primary N) is 1. The Morgan fingerprint density at radius 3 is 2.84 bits per heavy atom. The second-order valence-corrected chi connectivity index (χ2v) is 6.00. The summed E-state index contributed by atoms with van der Waals surface area (Å²) >= 11 is 0. The summed E-state index contributed by atoms with van der Waals surface area (Å²) in [6.45, 7) is 0.885. The number of hydrogen-bond donors (Lipinski definition) is 1. The number of hydrogen-bond acceptors (Lipinski definition) is 5. The fraction of sp³-hybridized carbons (Fsp3) is 0.412. The lowest BCUT2D eigenvalue weighted by Gasteiger charge is -2.32. The van der Waals surface area contributed by atoms with E-state index in [2.05, 4.69) is 0 Å². The molecule has 2 saturated heterocycles. The predicted octanol–water partition coefficient (Wildman–Crippen LogP) is 2.11. The number of benzene rings is 1. The quantitative estimate of drug-likeness (QED) is 0.846. The molecule has 2 aliphatic rings. The van der Waals surface area contributed by atoms with Gasteiger partial charge in [-0.3, -0.25) is 4.90 Å². The standard InChI is InChI=1S/C17H18F2N4O2/c18-14-7-12(23-9-13(8-21)25-17(23)24)1-2-16(14)22-6-4-11(3-5-20)15(19)10-22/h1-3,7,13,15H,4,6,8-10,21H2. The first-order chi connectivity index (χ1) is 12.0. The van der Waals surface area contributed by atoms with Crippen molar-refractivity contribution in [2.75, 3.05) is 36.0 Å². The van der Waals surface area contributed by atoms with E-state index in [-0.39, 0.29) is 25.3 Å². The first-order valence-electron chi connectivity index (χ1n) is 7.98. The topological polar surface area (TPSA) is 82.6 Å². The highest BCUT2D eigenvalue weighted by atomic mass is 19.1. The molecule has 25 heavy (non-hydrogen) atoms. The van der Waals surface area contributed by atoms with Gasteiger partial charge in [-0.15, -0.1) is 0 Å². The van der Waals surface area contributed by atoms with Crippen molar-refractivity contribution >= 4 is 17.5 Å². The number of carbonyl (C=O) groups is 1. The van der Waals surface area contributed by atoms with Crippen LogP contribution < -0.4 is 15.5 Å². The SMILES string of the molecule is N#CC=C1CCN(c2ccc(N3CC(CN)OC3=O)cc2F)CC1F. The zero-order valence-corrected chi connectivity index (χ0v) is 13.5. The number of allylic oxidation sites excluding steroid dienone is 1. The van der Waals surface area contributed by atoms with Crippen molar-refractivity contribution in [3.8, 4) is 6.07 Å². The summed E-state index contributed by atoms with van der Waals surface area (Å²) in [5.74, 6) is -0.540. The Labute approximate surface area is 144 Å². The van der Waals surface area contributed by atoms with Crippen LogP contribution in [0.4, 0.5) is 25.0 Å². The van der Waals surface area contributed by atoms with E-state index >= 15 is 0 Å². The highest BCUT2D eigenvalue weighted by Gasteiger charge is 2.32. The maximum absolute atomic E-state index is 14.5. The fourth-order valence-electron chi connectivity index (χ4n) is 3.06. The first-order valence-corrected chi connectivity index (χ1v) is 7.98. The molecule has 2 fully saturated rings. The fourth-order valence-corrected chi connectivity index (χ4v) is 3.06. The number of nitrogens with zero attached hydrogens (tertiary/aromatic N) is 3. The number of cyclic esters (lactones) is 1. The van der Waals surface area contributed by atoms with Gasteiger partial charge in [-0.25, -0.2) is 13.6 Å². The number of carbonyl (C=O) groups excluding carboxylic acids is 1. The van der Waals surface area contributed by atoms with Crippen LogP contribution in [0.2, 0.25) is 0 Å². The lowest BCUT2D eigenvalue weighted by Crippen LogP contribution is -2.38. The second kappa shape index (κ2) is 7.07. The van der Waals surface area contributed by atoms with Crippen LogP contribution in [0, 0.1) is 17.1 Å². The summed E-state index contributed by atoms with van der Waals surface area (Å²) < 4.78 is 33.7. The predicted molar refractivity (Wildman–Crippen MR) is 88.5 cm³/mol. The molecular formula is C17H18F2N4O2. The zero-order chi connectivity index (χ0) is 18.0. The maximum atomic E-state index is 14.5. The molecule has 3 rings (SSSR count). The largest absolute Gasteiger partial charge is 0.443 e. The monoisotopic (exact) mass is 348 g/mol. The Bertz CT molecular complexity index is 747. The summed E-state index contributed by atoms with van der Waals surface area (Å²) in [4.78, 5) is 14.7. The molecule has 2 heterocycles. The van der Waals surface area contributed by atoms with Crippen LogP contribution in [0.15, 0.2) is 29.8 Å². The molecule has 1 amide bonds. The van der Waals surface area contributed by atoms with E-state index in [0.29, 0.717) is 24.2 Å². The van der Waals surface area contributed by atoms with Crippen molar-refractivity contribution in [3.63, 3.8) is 0 Å². The molecule has 2 N–H and O–H groups in total. The maximum Gasteiger partial charge on any atom is 0.414 e. The average molecular weight is 348 g/mol. The van der Waals surface area contributed by atoms with Crippen molar-refractivity contribution in [2.45, 2.75) is 18.7 Å². The van der Waals surface area contributed by atoms with Crippen LogP contribution in [0.3, 0.4) is 0 Å². The number of nitriles is 1.